The van der Waals surface area contributed by atoms with E-state index in [9.17, 15) is 10.1 Å². The van der Waals surface area contributed by atoms with E-state index in [1.54, 1.807) is 12.1 Å². The quantitative estimate of drug-likeness (QED) is 0.548. The number of benzene rings is 1. The SMILES string of the molecule is CCOc1ccc([N+](=O)[O-])cc1CC. The van der Waals surface area contributed by atoms with E-state index in [4.69, 9.17) is 4.74 Å². The van der Waals surface area contributed by atoms with Gasteiger partial charge in [-0.15, -0.1) is 0 Å². The Bertz CT molecular complexity index is 336. The Morgan fingerprint density at radius 1 is 1.43 bits per heavy atom. The molecule has 0 bridgehead atoms. The summed E-state index contributed by atoms with van der Waals surface area (Å²) < 4.78 is 5.34. The molecule has 0 N–H and O–H groups in total. The molecule has 0 spiro atoms. The zero-order valence-corrected chi connectivity index (χ0v) is 8.32. The van der Waals surface area contributed by atoms with Gasteiger partial charge in [-0.2, -0.15) is 0 Å². The topological polar surface area (TPSA) is 52.4 Å². The van der Waals surface area contributed by atoms with Crippen LogP contribution in [-0.2, 0) is 6.42 Å². The van der Waals surface area contributed by atoms with E-state index in [-0.39, 0.29) is 5.69 Å². The molecule has 0 fully saturated rings. The molecule has 14 heavy (non-hydrogen) atoms. The van der Waals surface area contributed by atoms with Crippen molar-refractivity contribution in [2.45, 2.75) is 20.3 Å². The fraction of sp³-hybridized carbons (Fsp3) is 0.400. The number of nitrogens with zero attached hydrogens (tertiary/aromatic N) is 1. The molecule has 0 unspecified atom stereocenters. The van der Waals surface area contributed by atoms with E-state index in [2.05, 4.69) is 0 Å². The van der Waals surface area contributed by atoms with E-state index in [1.165, 1.54) is 6.07 Å². The van der Waals surface area contributed by atoms with Crippen molar-refractivity contribution < 1.29 is 9.66 Å². The van der Waals surface area contributed by atoms with Gasteiger partial charge >= 0.3 is 0 Å². The van der Waals surface area contributed by atoms with E-state index < -0.39 is 4.92 Å². The average molecular weight is 195 g/mol. The van der Waals surface area contributed by atoms with E-state index in [0.717, 1.165) is 17.7 Å². The zero-order valence-electron chi connectivity index (χ0n) is 8.32. The minimum atomic E-state index is -0.394. The van der Waals surface area contributed by atoms with Gasteiger partial charge in [-0.1, -0.05) is 6.92 Å². The van der Waals surface area contributed by atoms with Crippen molar-refractivity contribution in [3.63, 3.8) is 0 Å². The smallest absolute Gasteiger partial charge is 0.269 e. The van der Waals surface area contributed by atoms with Crippen molar-refractivity contribution in [2.24, 2.45) is 0 Å². The number of nitro groups is 1. The molecule has 0 saturated carbocycles. The van der Waals surface area contributed by atoms with Gasteiger partial charge in [0.15, 0.2) is 0 Å². The van der Waals surface area contributed by atoms with Crippen LogP contribution in [0.5, 0.6) is 5.75 Å². The summed E-state index contributed by atoms with van der Waals surface area (Å²) in [6.07, 6.45) is 0.733. The molecule has 4 nitrogen and oxygen atoms in total. The second-order valence-electron chi connectivity index (χ2n) is 2.84. The summed E-state index contributed by atoms with van der Waals surface area (Å²) in [6, 6.07) is 4.68. The van der Waals surface area contributed by atoms with Crippen LogP contribution >= 0.6 is 0 Å². The van der Waals surface area contributed by atoms with Gasteiger partial charge in [0.1, 0.15) is 5.75 Å². The summed E-state index contributed by atoms with van der Waals surface area (Å²) in [5, 5.41) is 10.5. The summed E-state index contributed by atoms with van der Waals surface area (Å²) in [7, 11) is 0. The third-order valence-electron chi connectivity index (χ3n) is 1.94. The molecule has 1 aromatic rings. The first-order valence-electron chi connectivity index (χ1n) is 4.59. The highest BCUT2D eigenvalue weighted by Crippen LogP contribution is 2.24. The first-order valence-corrected chi connectivity index (χ1v) is 4.59. The van der Waals surface area contributed by atoms with Gasteiger partial charge in [0.05, 0.1) is 11.5 Å². The van der Waals surface area contributed by atoms with Crippen LogP contribution in [0, 0.1) is 10.1 Å². The first kappa shape index (κ1) is 10.5. The molecule has 0 aliphatic heterocycles. The largest absolute Gasteiger partial charge is 0.494 e. The lowest BCUT2D eigenvalue weighted by Gasteiger charge is -2.07. The number of ether oxygens (including phenoxy) is 1. The minimum Gasteiger partial charge on any atom is -0.494 e. The van der Waals surface area contributed by atoms with Crippen molar-refractivity contribution >= 4 is 5.69 Å². The third-order valence-corrected chi connectivity index (χ3v) is 1.94. The van der Waals surface area contributed by atoms with Crippen LogP contribution in [0.2, 0.25) is 0 Å². The first-order chi connectivity index (χ1) is 6.69. The van der Waals surface area contributed by atoms with Gasteiger partial charge in [-0.25, -0.2) is 0 Å². The Morgan fingerprint density at radius 2 is 2.14 bits per heavy atom. The molecule has 76 valence electrons. The fourth-order valence-electron chi connectivity index (χ4n) is 1.25. The predicted octanol–water partition coefficient (Wildman–Crippen LogP) is 2.56. The molecule has 0 aromatic heterocycles. The van der Waals surface area contributed by atoms with E-state index >= 15 is 0 Å². The predicted molar refractivity (Wildman–Crippen MR) is 53.6 cm³/mol. The van der Waals surface area contributed by atoms with Crippen molar-refractivity contribution in [1.82, 2.24) is 0 Å². The Morgan fingerprint density at radius 3 is 2.64 bits per heavy atom. The van der Waals surface area contributed by atoms with Crippen LogP contribution in [0.25, 0.3) is 0 Å². The van der Waals surface area contributed by atoms with Gasteiger partial charge in [0, 0.05) is 17.7 Å². The van der Waals surface area contributed by atoms with E-state index in [1.807, 2.05) is 13.8 Å². The van der Waals surface area contributed by atoms with Gasteiger partial charge in [-0.3, -0.25) is 10.1 Å². The summed E-state index contributed by atoms with van der Waals surface area (Å²) in [4.78, 5) is 10.1. The Kier molecular flexibility index (Phi) is 3.45. The number of aryl methyl sites for hydroxylation is 1. The van der Waals surface area contributed by atoms with Crippen LogP contribution < -0.4 is 4.74 Å². The van der Waals surface area contributed by atoms with Crippen LogP contribution in [0.3, 0.4) is 0 Å². The Balaban J connectivity index is 3.04. The van der Waals surface area contributed by atoms with Crippen molar-refractivity contribution in [3.05, 3.63) is 33.9 Å². The minimum absolute atomic E-state index is 0.116. The molecule has 0 heterocycles. The van der Waals surface area contributed by atoms with Crippen molar-refractivity contribution in [3.8, 4) is 5.75 Å². The second kappa shape index (κ2) is 4.60. The van der Waals surface area contributed by atoms with Gasteiger partial charge in [0.25, 0.3) is 5.69 Å². The van der Waals surface area contributed by atoms with Gasteiger partial charge in [0.2, 0.25) is 0 Å². The molecule has 0 aliphatic carbocycles. The molecule has 0 atom stereocenters. The summed E-state index contributed by atoms with van der Waals surface area (Å²) in [5.41, 5.74) is 0.992. The molecule has 4 heteroatoms. The molecule has 0 radical (unpaired) electrons. The molecular weight excluding hydrogens is 182 g/mol. The fourth-order valence-corrected chi connectivity index (χ4v) is 1.25. The Hall–Kier alpha value is -1.58. The Labute approximate surface area is 82.7 Å². The number of hydrogen-bond donors (Lipinski definition) is 0. The van der Waals surface area contributed by atoms with E-state index in [0.29, 0.717) is 6.61 Å². The second-order valence-corrected chi connectivity index (χ2v) is 2.84. The number of non-ortho nitro benzene ring substituents is 1. The molecule has 0 amide bonds. The van der Waals surface area contributed by atoms with Crippen LogP contribution in [0.15, 0.2) is 18.2 Å². The standard InChI is InChI=1S/C10H13NO3/c1-3-8-7-9(11(12)13)5-6-10(8)14-4-2/h5-7H,3-4H2,1-2H3. The lowest BCUT2D eigenvalue weighted by atomic mass is 10.1. The highest BCUT2D eigenvalue weighted by atomic mass is 16.6. The van der Waals surface area contributed by atoms with Gasteiger partial charge in [-0.05, 0) is 19.4 Å². The maximum Gasteiger partial charge on any atom is 0.269 e. The summed E-state index contributed by atoms with van der Waals surface area (Å²) >= 11 is 0. The van der Waals surface area contributed by atoms with Crippen LogP contribution in [0.4, 0.5) is 5.69 Å². The lowest BCUT2D eigenvalue weighted by Crippen LogP contribution is -1.97. The summed E-state index contributed by atoms with van der Waals surface area (Å²) in [5.74, 6) is 0.737. The molecule has 0 saturated heterocycles. The molecule has 1 rings (SSSR count). The van der Waals surface area contributed by atoms with Crippen molar-refractivity contribution in [2.75, 3.05) is 6.61 Å². The van der Waals surface area contributed by atoms with Crippen LogP contribution in [0.1, 0.15) is 19.4 Å². The average Bonchev–Trinajstić information content (AvgIpc) is 2.18. The monoisotopic (exact) mass is 195 g/mol. The molecule has 1 aromatic carbocycles. The van der Waals surface area contributed by atoms with Gasteiger partial charge < -0.3 is 4.74 Å². The van der Waals surface area contributed by atoms with Crippen LogP contribution in [-0.4, -0.2) is 11.5 Å². The number of rotatable bonds is 4. The highest BCUT2D eigenvalue weighted by Gasteiger charge is 2.09. The highest BCUT2D eigenvalue weighted by molar-refractivity contribution is 5.43. The third kappa shape index (κ3) is 2.22. The zero-order chi connectivity index (χ0) is 10.6. The number of hydrogen-bond acceptors (Lipinski definition) is 3. The normalized spacial score (nSPS) is 9.86. The van der Waals surface area contributed by atoms with Crippen molar-refractivity contribution in [1.29, 1.82) is 0 Å². The maximum atomic E-state index is 10.5. The maximum absolute atomic E-state index is 10.5. The lowest BCUT2D eigenvalue weighted by molar-refractivity contribution is -0.384. The molecular formula is C10H13NO3. The summed E-state index contributed by atoms with van der Waals surface area (Å²) in [6.45, 7) is 4.41. The number of nitro benzene ring substituents is 1. The molecule has 0 aliphatic rings.